The minimum Gasteiger partial charge on any atom is -0.494 e. The zero-order chi connectivity index (χ0) is 18.9. The van der Waals surface area contributed by atoms with Crippen LogP contribution in [-0.2, 0) is 10.0 Å². The van der Waals surface area contributed by atoms with E-state index in [-0.39, 0.29) is 4.90 Å². The summed E-state index contributed by atoms with van der Waals surface area (Å²) in [5.74, 6) is 1.40. The molecule has 0 bridgehead atoms. The fourth-order valence-electron chi connectivity index (χ4n) is 2.81. The van der Waals surface area contributed by atoms with Gasteiger partial charge in [-0.1, -0.05) is 0 Å². The van der Waals surface area contributed by atoms with Gasteiger partial charge >= 0.3 is 0 Å². The summed E-state index contributed by atoms with van der Waals surface area (Å²) in [6, 6.07) is 16.1. The first-order valence-corrected chi connectivity index (χ1v) is 9.70. The SMILES string of the molecule is CCOc1ccc(-c2cc(C)c(N)n2-c2ccc(S(N)(=O)=O)cc2)cc1. The average molecular weight is 371 g/mol. The molecule has 3 rings (SSSR count). The van der Waals surface area contributed by atoms with Crippen LogP contribution in [-0.4, -0.2) is 19.6 Å². The molecule has 0 radical (unpaired) electrons. The number of hydrogen-bond acceptors (Lipinski definition) is 4. The number of nitrogens with two attached hydrogens (primary N) is 2. The highest BCUT2D eigenvalue weighted by atomic mass is 32.2. The van der Waals surface area contributed by atoms with Crippen molar-refractivity contribution in [1.82, 2.24) is 4.57 Å². The quantitative estimate of drug-likeness (QED) is 0.720. The fourth-order valence-corrected chi connectivity index (χ4v) is 3.33. The third kappa shape index (κ3) is 3.44. The van der Waals surface area contributed by atoms with Crippen molar-refractivity contribution in [2.75, 3.05) is 12.3 Å². The molecule has 0 fully saturated rings. The van der Waals surface area contributed by atoms with Gasteiger partial charge in [0.15, 0.2) is 0 Å². The normalized spacial score (nSPS) is 11.5. The fraction of sp³-hybridized carbons (Fsp3) is 0.158. The molecular formula is C19H21N3O3S. The highest BCUT2D eigenvalue weighted by molar-refractivity contribution is 7.89. The molecule has 0 atom stereocenters. The van der Waals surface area contributed by atoms with Crippen LogP contribution < -0.4 is 15.6 Å². The highest BCUT2D eigenvalue weighted by Gasteiger charge is 2.15. The molecule has 0 saturated carbocycles. The minimum absolute atomic E-state index is 0.0614. The van der Waals surface area contributed by atoms with Gasteiger partial charge < -0.3 is 10.5 Å². The molecule has 1 heterocycles. The molecule has 0 spiro atoms. The van der Waals surface area contributed by atoms with Crippen molar-refractivity contribution in [3.05, 3.63) is 60.2 Å². The molecule has 26 heavy (non-hydrogen) atoms. The summed E-state index contributed by atoms with van der Waals surface area (Å²) in [6.07, 6.45) is 0. The second-order valence-electron chi connectivity index (χ2n) is 5.93. The van der Waals surface area contributed by atoms with E-state index in [0.29, 0.717) is 12.4 Å². The van der Waals surface area contributed by atoms with Crippen LogP contribution in [0.1, 0.15) is 12.5 Å². The number of aryl methyl sites for hydroxylation is 1. The van der Waals surface area contributed by atoms with Crippen molar-refractivity contribution < 1.29 is 13.2 Å². The molecule has 4 N–H and O–H groups in total. The van der Waals surface area contributed by atoms with Crippen LogP contribution in [0, 0.1) is 6.92 Å². The summed E-state index contributed by atoms with van der Waals surface area (Å²) in [5.41, 5.74) is 9.84. The number of aromatic nitrogens is 1. The summed E-state index contributed by atoms with van der Waals surface area (Å²) in [7, 11) is -3.73. The van der Waals surface area contributed by atoms with Crippen LogP contribution in [0.2, 0.25) is 0 Å². The Hall–Kier alpha value is -2.77. The topological polar surface area (TPSA) is 100 Å². The first-order valence-electron chi connectivity index (χ1n) is 8.15. The van der Waals surface area contributed by atoms with Gasteiger partial charge in [-0.3, -0.25) is 4.57 Å². The number of ether oxygens (including phenoxy) is 1. The number of hydrogen-bond donors (Lipinski definition) is 2. The number of nitrogen functional groups attached to an aromatic ring is 1. The van der Waals surface area contributed by atoms with Crippen molar-refractivity contribution in [3.8, 4) is 22.7 Å². The predicted octanol–water partition coefficient (Wildman–Crippen LogP) is 3.08. The van der Waals surface area contributed by atoms with Crippen molar-refractivity contribution in [1.29, 1.82) is 0 Å². The Kier molecular flexibility index (Phi) is 4.76. The van der Waals surface area contributed by atoms with Crippen LogP contribution in [0.15, 0.2) is 59.5 Å². The molecule has 1 aromatic heterocycles. The zero-order valence-corrected chi connectivity index (χ0v) is 15.5. The second-order valence-corrected chi connectivity index (χ2v) is 7.49. The third-order valence-corrected chi connectivity index (χ3v) is 5.05. The van der Waals surface area contributed by atoms with Gasteiger partial charge in [-0.25, -0.2) is 13.6 Å². The highest BCUT2D eigenvalue weighted by Crippen LogP contribution is 2.32. The molecule has 2 aromatic carbocycles. The Morgan fingerprint density at radius 1 is 1.04 bits per heavy atom. The predicted molar refractivity (Wildman–Crippen MR) is 103 cm³/mol. The molecule has 3 aromatic rings. The van der Waals surface area contributed by atoms with Crippen molar-refractivity contribution in [3.63, 3.8) is 0 Å². The van der Waals surface area contributed by atoms with Crippen LogP contribution in [0.25, 0.3) is 16.9 Å². The number of primary sulfonamides is 1. The average Bonchev–Trinajstić information content (AvgIpc) is 2.90. The Labute approximate surface area is 153 Å². The smallest absolute Gasteiger partial charge is 0.238 e. The lowest BCUT2D eigenvalue weighted by Crippen LogP contribution is -2.12. The van der Waals surface area contributed by atoms with Gasteiger partial charge in [-0.15, -0.1) is 0 Å². The summed E-state index contributed by atoms with van der Waals surface area (Å²) >= 11 is 0. The van der Waals surface area contributed by atoms with Gasteiger partial charge in [-0.2, -0.15) is 0 Å². The Bertz CT molecular complexity index is 1020. The van der Waals surface area contributed by atoms with Gasteiger partial charge in [-0.05, 0) is 79.6 Å². The maximum Gasteiger partial charge on any atom is 0.238 e. The van der Waals surface area contributed by atoms with E-state index < -0.39 is 10.0 Å². The third-order valence-electron chi connectivity index (χ3n) is 4.12. The Balaban J connectivity index is 2.08. The standard InChI is InChI=1S/C19H21N3O3S/c1-3-25-16-8-4-14(5-9-16)18-12-13(2)19(20)22(18)15-6-10-17(11-7-15)26(21,23)24/h4-12H,3,20H2,1-2H3,(H2,21,23,24). The molecular weight excluding hydrogens is 350 g/mol. The van der Waals surface area contributed by atoms with E-state index in [1.165, 1.54) is 12.1 Å². The lowest BCUT2D eigenvalue weighted by Gasteiger charge is -2.13. The molecule has 0 saturated heterocycles. The van der Waals surface area contributed by atoms with Crippen LogP contribution in [0.4, 0.5) is 5.82 Å². The summed E-state index contributed by atoms with van der Waals surface area (Å²) < 4.78 is 30.3. The lowest BCUT2D eigenvalue weighted by molar-refractivity contribution is 0.340. The van der Waals surface area contributed by atoms with E-state index in [9.17, 15) is 8.42 Å². The van der Waals surface area contributed by atoms with Gasteiger partial charge in [0, 0.05) is 5.69 Å². The van der Waals surface area contributed by atoms with Crippen molar-refractivity contribution in [2.24, 2.45) is 5.14 Å². The van der Waals surface area contributed by atoms with E-state index in [0.717, 1.165) is 28.3 Å². The Morgan fingerprint density at radius 3 is 2.19 bits per heavy atom. The number of rotatable bonds is 5. The molecule has 0 aliphatic rings. The molecule has 136 valence electrons. The van der Waals surface area contributed by atoms with E-state index in [4.69, 9.17) is 15.6 Å². The lowest BCUT2D eigenvalue weighted by atomic mass is 10.1. The van der Waals surface area contributed by atoms with Crippen LogP contribution in [0.5, 0.6) is 5.75 Å². The van der Waals surface area contributed by atoms with E-state index >= 15 is 0 Å². The van der Waals surface area contributed by atoms with Crippen molar-refractivity contribution >= 4 is 15.8 Å². The molecule has 0 unspecified atom stereocenters. The first kappa shape index (κ1) is 18.0. The Morgan fingerprint density at radius 2 is 1.65 bits per heavy atom. The first-order chi connectivity index (χ1) is 12.3. The monoisotopic (exact) mass is 371 g/mol. The number of anilines is 1. The summed E-state index contributed by atoms with van der Waals surface area (Å²) in [5, 5.41) is 5.17. The summed E-state index contributed by atoms with van der Waals surface area (Å²) in [4.78, 5) is 0.0614. The van der Waals surface area contributed by atoms with Crippen molar-refractivity contribution in [2.45, 2.75) is 18.7 Å². The number of benzene rings is 2. The maximum atomic E-state index is 11.5. The zero-order valence-electron chi connectivity index (χ0n) is 14.6. The summed E-state index contributed by atoms with van der Waals surface area (Å²) in [6.45, 7) is 4.48. The van der Waals surface area contributed by atoms with Gasteiger partial charge in [0.1, 0.15) is 11.6 Å². The molecule has 0 aliphatic heterocycles. The maximum absolute atomic E-state index is 11.5. The molecule has 0 aliphatic carbocycles. The second kappa shape index (κ2) is 6.86. The minimum atomic E-state index is -3.73. The van der Waals surface area contributed by atoms with Gasteiger partial charge in [0.25, 0.3) is 0 Å². The van der Waals surface area contributed by atoms with E-state index in [1.54, 1.807) is 12.1 Å². The number of nitrogens with zero attached hydrogens (tertiary/aromatic N) is 1. The van der Waals surface area contributed by atoms with Gasteiger partial charge in [0.2, 0.25) is 10.0 Å². The number of sulfonamides is 1. The van der Waals surface area contributed by atoms with E-state index in [1.807, 2.05) is 48.7 Å². The molecule has 6 nitrogen and oxygen atoms in total. The van der Waals surface area contributed by atoms with Gasteiger partial charge in [0.05, 0.1) is 17.2 Å². The van der Waals surface area contributed by atoms with Crippen LogP contribution >= 0.6 is 0 Å². The van der Waals surface area contributed by atoms with E-state index in [2.05, 4.69) is 0 Å². The van der Waals surface area contributed by atoms with Crippen LogP contribution in [0.3, 0.4) is 0 Å². The molecule has 7 heteroatoms. The molecule has 0 amide bonds. The largest absolute Gasteiger partial charge is 0.494 e.